The van der Waals surface area contributed by atoms with Crippen LogP contribution in [0, 0.1) is 0 Å². The van der Waals surface area contributed by atoms with Gasteiger partial charge in [-0.25, -0.2) is 4.68 Å². The number of allylic oxidation sites excluding steroid dienone is 1. The number of nitrogens with two attached hydrogens (primary N) is 1. The van der Waals surface area contributed by atoms with E-state index in [1.54, 1.807) is 17.7 Å². The van der Waals surface area contributed by atoms with E-state index in [-0.39, 0.29) is 0 Å². The lowest BCUT2D eigenvalue weighted by atomic mass is 9.95. The monoisotopic (exact) mass is 411 g/mol. The fourth-order valence-corrected chi connectivity index (χ4v) is 4.24. The lowest BCUT2D eigenvalue weighted by Gasteiger charge is -2.28. The van der Waals surface area contributed by atoms with Crippen LogP contribution in [0.4, 0.5) is 5.95 Å². The first kappa shape index (κ1) is 18.6. The van der Waals surface area contributed by atoms with Crippen molar-refractivity contribution in [2.24, 2.45) is 5.73 Å². The molecule has 1 aromatic heterocycles. The Kier molecular flexibility index (Phi) is 5.11. The lowest BCUT2D eigenvalue weighted by Crippen LogP contribution is -2.32. The van der Waals surface area contributed by atoms with Crippen LogP contribution in [0.15, 0.2) is 71.0 Å². The van der Waals surface area contributed by atoms with Gasteiger partial charge in [-0.15, -0.1) is 5.10 Å². The van der Waals surface area contributed by atoms with Crippen molar-refractivity contribution in [2.45, 2.75) is 23.9 Å². The van der Waals surface area contributed by atoms with Gasteiger partial charge in [-0.05, 0) is 18.6 Å². The topological polar surface area (TPSA) is 85.8 Å². The van der Waals surface area contributed by atoms with E-state index in [0.717, 1.165) is 11.3 Å². The summed E-state index contributed by atoms with van der Waals surface area (Å²) in [5, 5.41) is 8.93. The van der Waals surface area contributed by atoms with Crippen molar-refractivity contribution >= 4 is 35.2 Å². The molecule has 3 N–H and O–H groups in total. The summed E-state index contributed by atoms with van der Waals surface area (Å²) >= 11 is 7.96. The fourth-order valence-electron chi connectivity index (χ4n) is 3.22. The van der Waals surface area contributed by atoms with Gasteiger partial charge in [-0.1, -0.05) is 71.9 Å². The number of aromatic nitrogens is 3. The highest BCUT2D eigenvalue weighted by Gasteiger charge is 2.34. The van der Waals surface area contributed by atoms with E-state index >= 15 is 0 Å². The van der Waals surface area contributed by atoms with Crippen molar-refractivity contribution in [3.63, 3.8) is 0 Å². The second-order valence-electron chi connectivity index (χ2n) is 6.39. The van der Waals surface area contributed by atoms with Gasteiger partial charge in [0.15, 0.2) is 0 Å². The molecule has 142 valence electrons. The Balaban J connectivity index is 1.72. The zero-order chi connectivity index (χ0) is 19.7. The minimum Gasteiger partial charge on any atom is -0.366 e. The molecule has 0 bridgehead atoms. The number of nitrogens with one attached hydrogen (secondary N) is 1. The summed E-state index contributed by atoms with van der Waals surface area (Å²) in [4.78, 5) is 16.8. The van der Waals surface area contributed by atoms with Gasteiger partial charge in [0, 0.05) is 22.0 Å². The molecule has 1 atom stereocenters. The number of rotatable bonds is 5. The van der Waals surface area contributed by atoms with Crippen LogP contribution < -0.4 is 11.1 Å². The van der Waals surface area contributed by atoms with Crippen molar-refractivity contribution in [1.29, 1.82) is 0 Å². The molecular formula is C20H18ClN5OS. The zero-order valence-electron chi connectivity index (χ0n) is 15.1. The smallest absolute Gasteiger partial charge is 0.248 e. The largest absolute Gasteiger partial charge is 0.366 e. The number of hydrogen-bond donors (Lipinski definition) is 2. The van der Waals surface area contributed by atoms with Crippen molar-refractivity contribution < 1.29 is 4.79 Å². The minimum absolute atomic E-state index is 0.421. The first-order chi connectivity index (χ1) is 13.5. The van der Waals surface area contributed by atoms with Crippen LogP contribution in [-0.2, 0) is 10.5 Å². The summed E-state index contributed by atoms with van der Waals surface area (Å²) in [6.07, 6.45) is 0. The Hall–Kier alpha value is -2.77. The highest BCUT2D eigenvalue weighted by molar-refractivity contribution is 7.98. The van der Waals surface area contributed by atoms with Crippen molar-refractivity contribution in [3.8, 4) is 0 Å². The van der Waals surface area contributed by atoms with Crippen LogP contribution in [0.25, 0.3) is 0 Å². The number of carbonyl (C=O) groups is 1. The Morgan fingerprint density at radius 3 is 2.64 bits per heavy atom. The van der Waals surface area contributed by atoms with Gasteiger partial charge in [0.25, 0.3) is 0 Å². The Labute approximate surface area is 171 Å². The van der Waals surface area contributed by atoms with Gasteiger partial charge < -0.3 is 11.1 Å². The molecule has 2 heterocycles. The third-order valence-electron chi connectivity index (χ3n) is 4.51. The molecule has 8 heteroatoms. The fraction of sp³-hybridized carbons (Fsp3) is 0.150. The average molecular weight is 412 g/mol. The van der Waals surface area contributed by atoms with E-state index in [9.17, 15) is 4.79 Å². The molecule has 0 saturated carbocycles. The SMILES string of the molecule is CC1=C(C(N)=O)[C@H](c2ccccc2Cl)n2nc(SCc3ccccc3)nc2N1. The van der Waals surface area contributed by atoms with E-state index in [1.165, 1.54) is 17.3 Å². The molecule has 1 aliphatic heterocycles. The number of primary amides is 1. The van der Waals surface area contributed by atoms with Gasteiger partial charge in [0.05, 0.1) is 5.57 Å². The number of thioether (sulfide) groups is 1. The average Bonchev–Trinajstić information content (AvgIpc) is 3.09. The van der Waals surface area contributed by atoms with Crippen molar-refractivity contribution in [1.82, 2.24) is 14.8 Å². The van der Waals surface area contributed by atoms with E-state index in [4.69, 9.17) is 17.3 Å². The Morgan fingerprint density at radius 2 is 1.93 bits per heavy atom. The molecule has 4 rings (SSSR count). The zero-order valence-corrected chi connectivity index (χ0v) is 16.7. The molecular weight excluding hydrogens is 394 g/mol. The molecule has 3 aromatic rings. The second kappa shape index (κ2) is 7.69. The number of nitrogens with zero attached hydrogens (tertiary/aromatic N) is 3. The maximum absolute atomic E-state index is 12.2. The van der Waals surface area contributed by atoms with Crippen LogP contribution in [0.2, 0.25) is 5.02 Å². The molecule has 0 spiro atoms. The molecule has 0 saturated heterocycles. The summed E-state index contributed by atoms with van der Waals surface area (Å²) in [6.45, 7) is 1.80. The number of halogens is 1. The number of anilines is 1. The van der Waals surface area contributed by atoms with Crippen LogP contribution in [0.5, 0.6) is 0 Å². The third kappa shape index (κ3) is 3.50. The van der Waals surface area contributed by atoms with Gasteiger partial charge in [0.2, 0.25) is 17.0 Å². The van der Waals surface area contributed by atoms with E-state index in [0.29, 0.717) is 27.4 Å². The minimum atomic E-state index is -0.527. The number of hydrogen-bond acceptors (Lipinski definition) is 5. The standard InChI is InChI=1S/C20H18ClN5OS/c1-12-16(18(22)27)17(14-9-5-6-10-15(14)21)26-19(23-12)24-20(25-26)28-11-13-7-3-2-4-8-13/h2-10,17H,11H2,1H3,(H2,22,27)(H,23,24,25)/t17-/m0/s1. The molecule has 28 heavy (non-hydrogen) atoms. The first-order valence-corrected chi connectivity index (χ1v) is 10.1. The summed E-state index contributed by atoms with van der Waals surface area (Å²) in [5.74, 6) is 0.786. The molecule has 0 radical (unpaired) electrons. The number of amides is 1. The highest BCUT2D eigenvalue weighted by Crippen LogP contribution is 2.38. The second-order valence-corrected chi connectivity index (χ2v) is 7.74. The molecule has 0 unspecified atom stereocenters. The number of fused-ring (bicyclic) bond motifs is 1. The predicted octanol–water partition coefficient (Wildman–Crippen LogP) is 4.00. The molecule has 6 nitrogen and oxygen atoms in total. The Morgan fingerprint density at radius 1 is 1.21 bits per heavy atom. The van der Waals surface area contributed by atoms with Gasteiger partial charge in [-0.3, -0.25) is 4.79 Å². The van der Waals surface area contributed by atoms with Crippen LogP contribution in [0.3, 0.4) is 0 Å². The molecule has 1 amide bonds. The third-order valence-corrected chi connectivity index (χ3v) is 5.76. The Bertz CT molecular complexity index is 1060. The molecule has 0 aliphatic carbocycles. The van der Waals surface area contributed by atoms with Crippen molar-refractivity contribution in [3.05, 3.63) is 82.0 Å². The number of carbonyl (C=O) groups excluding carboxylic acids is 1. The maximum atomic E-state index is 12.2. The number of benzene rings is 2. The first-order valence-electron chi connectivity index (χ1n) is 8.70. The summed E-state index contributed by atoms with van der Waals surface area (Å²) < 4.78 is 1.68. The van der Waals surface area contributed by atoms with Gasteiger partial charge in [-0.2, -0.15) is 4.98 Å². The molecule has 2 aromatic carbocycles. The lowest BCUT2D eigenvalue weighted by molar-refractivity contribution is -0.115. The van der Waals surface area contributed by atoms with Crippen LogP contribution >= 0.6 is 23.4 Å². The van der Waals surface area contributed by atoms with E-state index < -0.39 is 11.9 Å². The van der Waals surface area contributed by atoms with E-state index in [2.05, 4.69) is 27.5 Å². The van der Waals surface area contributed by atoms with Gasteiger partial charge in [0.1, 0.15) is 6.04 Å². The highest BCUT2D eigenvalue weighted by atomic mass is 35.5. The normalized spacial score (nSPS) is 15.9. The van der Waals surface area contributed by atoms with Gasteiger partial charge >= 0.3 is 0 Å². The maximum Gasteiger partial charge on any atom is 0.248 e. The van der Waals surface area contributed by atoms with Crippen molar-refractivity contribution in [2.75, 3.05) is 5.32 Å². The molecule has 0 fully saturated rings. The van der Waals surface area contributed by atoms with Crippen LogP contribution in [-0.4, -0.2) is 20.7 Å². The quantitative estimate of drug-likeness (QED) is 0.620. The summed E-state index contributed by atoms with van der Waals surface area (Å²) in [6, 6.07) is 17.0. The molecule has 1 aliphatic rings. The van der Waals surface area contributed by atoms with Crippen LogP contribution in [0.1, 0.15) is 24.1 Å². The summed E-state index contributed by atoms with van der Waals surface area (Å²) in [7, 11) is 0. The summed E-state index contributed by atoms with van der Waals surface area (Å²) in [5.41, 5.74) is 8.70. The predicted molar refractivity (Wildman–Crippen MR) is 111 cm³/mol. The van der Waals surface area contributed by atoms with E-state index in [1.807, 2.05) is 36.4 Å².